The standard InChI is InChI=1S/C27H24N2O6S/c1-32-22-14-13-20(24(33-2)25(22)34-3)26(31)35-15-23(30)29-27-28-21(16-36-27)19-11-9-18(10-12-19)17-7-5-4-6-8-17/h4-14,16H,15H2,1-3H3,(H,28,29,30). The maximum Gasteiger partial charge on any atom is 0.342 e. The van der Waals surface area contributed by atoms with Gasteiger partial charge < -0.3 is 18.9 Å². The summed E-state index contributed by atoms with van der Waals surface area (Å²) >= 11 is 1.29. The molecule has 0 unspecified atom stereocenters. The van der Waals surface area contributed by atoms with E-state index in [1.54, 1.807) is 6.07 Å². The Balaban J connectivity index is 1.37. The summed E-state index contributed by atoms with van der Waals surface area (Å²) in [4.78, 5) is 29.4. The number of hydrogen-bond acceptors (Lipinski definition) is 8. The van der Waals surface area contributed by atoms with Crippen molar-refractivity contribution < 1.29 is 28.5 Å². The van der Waals surface area contributed by atoms with E-state index in [1.165, 1.54) is 38.7 Å². The molecule has 1 amide bonds. The zero-order valence-electron chi connectivity index (χ0n) is 19.9. The van der Waals surface area contributed by atoms with Crippen LogP contribution in [0.3, 0.4) is 0 Å². The van der Waals surface area contributed by atoms with E-state index in [0.29, 0.717) is 10.9 Å². The molecule has 0 aliphatic carbocycles. The van der Waals surface area contributed by atoms with Gasteiger partial charge in [0.1, 0.15) is 5.56 Å². The fourth-order valence-corrected chi connectivity index (χ4v) is 4.29. The van der Waals surface area contributed by atoms with E-state index in [9.17, 15) is 9.59 Å². The molecular weight excluding hydrogens is 480 g/mol. The molecule has 36 heavy (non-hydrogen) atoms. The highest BCUT2D eigenvalue weighted by molar-refractivity contribution is 7.14. The van der Waals surface area contributed by atoms with Crippen LogP contribution >= 0.6 is 11.3 Å². The van der Waals surface area contributed by atoms with Crippen LogP contribution in [0.2, 0.25) is 0 Å². The first-order valence-electron chi connectivity index (χ1n) is 10.9. The van der Waals surface area contributed by atoms with Crippen molar-refractivity contribution >= 4 is 28.3 Å². The van der Waals surface area contributed by atoms with Gasteiger partial charge in [-0.15, -0.1) is 11.3 Å². The summed E-state index contributed by atoms with van der Waals surface area (Å²) in [5, 5.41) is 4.92. The lowest BCUT2D eigenvalue weighted by Gasteiger charge is -2.15. The van der Waals surface area contributed by atoms with Crippen molar-refractivity contribution in [2.75, 3.05) is 33.3 Å². The first-order chi connectivity index (χ1) is 17.5. The first kappa shape index (κ1) is 24.7. The molecule has 0 spiro atoms. The van der Waals surface area contributed by atoms with Crippen LogP contribution in [0.4, 0.5) is 5.13 Å². The fourth-order valence-electron chi connectivity index (χ4n) is 3.55. The number of benzene rings is 3. The van der Waals surface area contributed by atoms with Crippen molar-refractivity contribution in [2.45, 2.75) is 0 Å². The lowest BCUT2D eigenvalue weighted by atomic mass is 10.0. The number of nitrogens with zero attached hydrogens (tertiary/aromatic N) is 1. The Hall–Kier alpha value is -4.37. The number of nitrogens with one attached hydrogen (secondary N) is 1. The van der Waals surface area contributed by atoms with Gasteiger partial charge in [0.15, 0.2) is 23.2 Å². The van der Waals surface area contributed by atoms with Crippen LogP contribution in [0.15, 0.2) is 72.1 Å². The van der Waals surface area contributed by atoms with Gasteiger partial charge in [0.25, 0.3) is 5.91 Å². The molecule has 4 aromatic rings. The number of carbonyl (C=O) groups is 2. The van der Waals surface area contributed by atoms with Gasteiger partial charge >= 0.3 is 5.97 Å². The average molecular weight is 505 g/mol. The molecule has 1 heterocycles. The highest BCUT2D eigenvalue weighted by Crippen LogP contribution is 2.40. The van der Waals surface area contributed by atoms with Gasteiger partial charge in [0.05, 0.1) is 27.0 Å². The SMILES string of the molecule is COc1ccc(C(=O)OCC(=O)Nc2nc(-c3ccc(-c4ccccc4)cc3)cs2)c(OC)c1OC. The predicted molar refractivity (Wildman–Crippen MR) is 138 cm³/mol. The highest BCUT2D eigenvalue weighted by Gasteiger charge is 2.22. The van der Waals surface area contributed by atoms with E-state index < -0.39 is 18.5 Å². The number of aromatic nitrogens is 1. The topological polar surface area (TPSA) is 96.0 Å². The van der Waals surface area contributed by atoms with Crippen molar-refractivity contribution in [1.29, 1.82) is 0 Å². The number of anilines is 1. The Kier molecular flexibility index (Phi) is 7.82. The molecule has 3 aromatic carbocycles. The molecule has 1 N–H and O–H groups in total. The van der Waals surface area contributed by atoms with Crippen LogP contribution in [0.25, 0.3) is 22.4 Å². The number of ether oxygens (including phenoxy) is 4. The Morgan fingerprint density at radius 1 is 0.806 bits per heavy atom. The third-order valence-electron chi connectivity index (χ3n) is 5.30. The summed E-state index contributed by atoms with van der Waals surface area (Å²) in [6, 6.07) is 21.2. The minimum atomic E-state index is -0.735. The summed E-state index contributed by atoms with van der Waals surface area (Å²) in [7, 11) is 4.31. The molecule has 0 saturated carbocycles. The second-order valence-electron chi connectivity index (χ2n) is 7.49. The molecular formula is C27H24N2O6S. The molecule has 0 saturated heterocycles. The average Bonchev–Trinajstić information content (AvgIpc) is 3.39. The Morgan fingerprint density at radius 2 is 1.47 bits per heavy atom. The van der Waals surface area contributed by atoms with Gasteiger partial charge in [-0.3, -0.25) is 10.1 Å². The third kappa shape index (κ3) is 5.47. The van der Waals surface area contributed by atoms with E-state index in [-0.39, 0.29) is 17.1 Å². The fraction of sp³-hybridized carbons (Fsp3) is 0.148. The Morgan fingerprint density at radius 3 is 2.14 bits per heavy atom. The van der Waals surface area contributed by atoms with Crippen LogP contribution in [-0.2, 0) is 9.53 Å². The Bertz CT molecular complexity index is 1350. The molecule has 0 aliphatic rings. The molecule has 0 radical (unpaired) electrons. The predicted octanol–water partition coefficient (Wildman–Crippen LogP) is 5.30. The second kappa shape index (κ2) is 11.4. The van der Waals surface area contributed by atoms with Crippen LogP contribution in [-0.4, -0.2) is 44.8 Å². The minimum absolute atomic E-state index is 0.110. The van der Waals surface area contributed by atoms with E-state index in [4.69, 9.17) is 18.9 Å². The van der Waals surface area contributed by atoms with Gasteiger partial charge in [-0.2, -0.15) is 0 Å². The van der Waals surface area contributed by atoms with Crippen molar-refractivity contribution in [1.82, 2.24) is 4.98 Å². The monoisotopic (exact) mass is 504 g/mol. The number of esters is 1. The molecule has 0 atom stereocenters. The maximum atomic E-state index is 12.6. The third-order valence-corrected chi connectivity index (χ3v) is 6.05. The summed E-state index contributed by atoms with van der Waals surface area (Å²) in [5.74, 6) is -0.432. The molecule has 8 nitrogen and oxygen atoms in total. The van der Waals surface area contributed by atoms with Crippen molar-refractivity contribution in [2.24, 2.45) is 0 Å². The summed E-state index contributed by atoms with van der Waals surface area (Å²) < 4.78 is 21.0. The number of carbonyl (C=O) groups excluding carboxylic acids is 2. The van der Waals surface area contributed by atoms with E-state index in [2.05, 4.69) is 22.4 Å². The summed E-state index contributed by atoms with van der Waals surface area (Å²) in [5.41, 5.74) is 4.02. The summed E-state index contributed by atoms with van der Waals surface area (Å²) in [6.45, 7) is -0.489. The minimum Gasteiger partial charge on any atom is -0.493 e. The van der Waals surface area contributed by atoms with Gasteiger partial charge in [-0.05, 0) is 23.3 Å². The molecule has 0 fully saturated rings. The molecule has 4 rings (SSSR count). The molecule has 9 heteroatoms. The number of thiazole rings is 1. The van der Waals surface area contributed by atoms with Crippen molar-refractivity contribution in [3.63, 3.8) is 0 Å². The number of rotatable bonds is 9. The van der Waals surface area contributed by atoms with Crippen LogP contribution in [0, 0.1) is 0 Å². The van der Waals surface area contributed by atoms with Crippen molar-refractivity contribution in [3.05, 3.63) is 77.7 Å². The van der Waals surface area contributed by atoms with Gasteiger partial charge in [-0.1, -0.05) is 54.6 Å². The van der Waals surface area contributed by atoms with E-state index >= 15 is 0 Å². The lowest BCUT2D eigenvalue weighted by Crippen LogP contribution is -2.21. The van der Waals surface area contributed by atoms with Gasteiger partial charge in [0.2, 0.25) is 5.75 Å². The number of methoxy groups -OCH3 is 3. The van der Waals surface area contributed by atoms with Crippen molar-refractivity contribution in [3.8, 4) is 39.6 Å². The highest BCUT2D eigenvalue weighted by atomic mass is 32.1. The smallest absolute Gasteiger partial charge is 0.342 e. The maximum absolute atomic E-state index is 12.6. The number of hydrogen-bond donors (Lipinski definition) is 1. The molecule has 1 aromatic heterocycles. The van der Waals surface area contributed by atoms with E-state index in [0.717, 1.165) is 22.4 Å². The van der Waals surface area contributed by atoms with Gasteiger partial charge in [0, 0.05) is 10.9 Å². The number of amides is 1. The zero-order valence-corrected chi connectivity index (χ0v) is 20.8. The van der Waals surface area contributed by atoms with Crippen LogP contribution in [0.5, 0.6) is 17.2 Å². The molecule has 0 bridgehead atoms. The normalized spacial score (nSPS) is 10.4. The first-order valence-corrected chi connectivity index (χ1v) is 11.8. The zero-order chi connectivity index (χ0) is 25.5. The molecule has 0 aliphatic heterocycles. The summed E-state index contributed by atoms with van der Waals surface area (Å²) in [6.07, 6.45) is 0. The van der Waals surface area contributed by atoms with Crippen LogP contribution < -0.4 is 19.5 Å². The van der Waals surface area contributed by atoms with Gasteiger partial charge in [-0.25, -0.2) is 9.78 Å². The Labute approximate surface area is 212 Å². The quantitative estimate of drug-likeness (QED) is 0.309. The second-order valence-corrected chi connectivity index (χ2v) is 8.35. The molecule has 184 valence electrons. The van der Waals surface area contributed by atoms with Crippen LogP contribution in [0.1, 0.15) is 10.4 Å². The lowest BCUT2D eigenvalue weighted by molar-refractivity contribution is -0.119. The van der Waals surface area contributed by atoms with E-state index in [1.807, 2.05) is 47.8 Å². The largest absolute Gasteiger partial charge is 0.493 e.